The summed E-state index contributed by atoms with van der Waals surface area (Å²) in [4.78, 5) is 4.32. The lowest BCUT2D eigenvalue weighted by Crippen LogP contribution is -1.96. The molecule has 16 heavy (non-hydrogen) atoms. The van der Waals surface area contributed by atoms with Gasteiger partial charge in [0, 0.05) is 5.69 Å². The highest BCUT2D eigenvalue weighted by Gasteiger charge is 2.02. The fourth-order valence-electron chi connectivity index (χ4n) is 1.37. The second-order valence-electron chi connectivity index (χ2n) is 3.94. The Morgan fingerprint density at radius 3 is 2.75 bits per heavy atom. The summed E-state index contributed by atoms with van der Waals surface area (Å²) in [6, 6.07) is 7.65. The van der Waals surface area contributed by atoms with Crippen LogP contribution in [-0.2, 0) is 6.61 Å². The van der Waals surface area contributed by atoms with Crippen molar-refractivity contribution in [2.75, 3.05) is 0 Å². The molecule has 84 valence electrons. The van der Waals surface area contributed by atoms with Crippen LogP contribution in [0.5, 0.6) is 5.75 Å². The van der Waals surface area contributed by atoms with E-state index in [4.69, 9.17) is 9.15 Å². The highest BCUT2D eigenvalue weighted by molar-refractivity contribution is 5.21. The van der Waals surface area contributed by atoms with Crippen LogP contribution < -0.4 is 4.74 Å². The highest BCUT2D eigenvalue weighted by Crippen LogP contribution is 2.16. The molecule has 0 spiro atoms. The third-order valence-corrected chi connectivity index (χ3v) is 2.31. The van der Waals surface area contributed by atoms with Crippen molar-refractivity contribution < 1.29 is 9.15 Å². The molecule has 0 aliphatic heterocycles. The zero-order chi connectivity index (χ0) is 11.4. The maximum Gasteiger partial charge on any atom is 0.146 e. The van der Waals surface area contributed by atoms with Crippen molar-refractivity contribution in [3.63, 3.8) is 0 Å². The second-order valence-corrected chi connectivity index (χ2v) is 3.94. The van der Waals surface area contributed by atoms with E-state index in [1.165, 1.54) is 0 Å². The van der Waals surface area contributed by atoms with Gasteiger partial charge in [-0.25, -0.2) is 0 Å². The van der Waals surface area contributed by atoms with Crippen LogP contribution >= 0.6 is 0 Å². The van der Waals surface area contributed by atoms with Crippen LogP contribution in [0.15, 0.2) is 41.1 Å². The van der Waals surface area contributed by atoms with E-state index in [1.807, 2.05) is 24.3 Å². The third kappa shape index (κ3) is 2.63. The minimum Gasteiger partial charge on any atom is -0.484 e. The van der Waals surface area contributed by atoms with E-state index < -0.39 is 0 Å². The summed E-state index contributed by atoms with van der Waals surface area (Å²) in [6.07, 6.45) is 3.39. The molecule has 0 aliphatic rings. The number of hydrogen-bond donors (Lipinski definition) is 0. The van der Waals surface area contributed by atoms with Crippen LogP contribution in [0.4, 0.5) is 0 Å². The van der Waals surface area contributed by atoms with Gasteiger partial charge in [-0.3, -0.25) is 4.98 Å². The van der Waals surface area contributed by atoms with E-state index >= 15 is 0 Å². The smallest absolute Gasteiger partial charge is 0.146 e. The molecule has 2 aromatic rings. The first-order valence-corrected chi connectivity index (χ1v) is 5.37. The summed E-state index contributed by atoms with van der Waals surface area (Å²) in [5.74, 6) is 2.02. The molecule has 3 heteroatoms. The standard InChI is InChI=1S/C13H15NO2/c1-10(2)13-6-5-11(8-14-13)16-9-12-4-3-7-15-12/h3-8,10H,9H2,1-2H3. The molecule has 0 amide bonds. The maximum atomic E-state index is 5.53. The normalized spacial score (nSPS) is 10.7. The van der Waals surface area contributed by atoms with Crippen LogP contribution in [0.3, 0.4) is 0 Å². The van der Waals surface area contributed by atoms with Gasteiger partial charge in [-0.15, -0.1) is 0 Å². The number of ether oxygens (including phenoxy) is 1. The number of nitrogens with zero attached hydrogens (tertiary/aromatic N) is 1. The zero-order valence-corrected chi connectivity index (χ0v) is 9.51. The Morgan fingerprint density at radius 2 is 2.19 bits per heavy atom. The Balaban J connectivity index is 1.95. The van der Waals surface area contributed by atoms with Gasteiger partial charge in [0.15, 0.2) is 0 Å². The van der Waals surface area contributed by atoms with Gasteiger partial charge in [0.25, 0.3) is 0 Å². The zero-order valence-electron chi connectivity index (χ0n) is 9.51. The van der Waals surface area contributed by atoms with Crippen molar-refractivity contribution in [2.24, 2.45) is 0 Å². The van der Waals surface area contributed by atoms with E-state index in [0.717, 1.165) is 17.2 Å². The molecule has 0 radical (unpaired) electrons. The SMILES string of the molecule is CC(C)c1ccc(OCc2ccco2)cn1. The molecule has 0 saturated heterocycles. The minimum absolute atomic E-state index is 0.440. The molecule has 0 N–H and O–H groups in total. The summed E-state index contributed by atoms with van der Waals surface area (Å²) >= 11 is 0. The largest absolute Gasteiger partial charge is 0.484 e. The lowest BCUT2D eigenvalue weighted by molar-refractivity contribution is 0.269. The molecule has 2 heterocycles. The van der Waals surface area contributed by atoms with Crippen LogP contribution in [0.2, 0.25) is 0 Å². The molecule has 0 aliphatic carbocycles. The van der Waals surface area contributed by atoms with Crippen LogP contribution in [0, 0.1) is 0 Å². The van der Waals surface area contributed by atoms with Gasteiger partial charge in [0.05, 0.1) is 12.5 Å². The summed E-state index contributed by atoms with van der Waals surface area (Å²) in [5.41, 5.74) is 1.07. The summed E-state index contributed by atoms with van der Waals surface area (Å²) < 4.78 is 10.7. The van der Waals surface area contributed by atoms with Crippen molar-refractivity contribution in [1.29, 1.82) is 0 Å². The molecular weight excluding hydrogens is 202 g/mol. The average Bonchev–Trinajstić information content (AvgIpc) is 2.80. The van der Waals surface area contributed by atoms with Gasteiger partial charge in [0.2, 0.25) is 0 Å². The molecule has 0 unspecified atom stereocenters. The number of pyridine rings is 1. The Labute approximate surface area is 95.1 Å². The third-order valence-electron chi connectivity index (χ3n) is 2.31. The molecule has 0 bridgehead atoms. The first-order valence-electron chi connectivity index (χ1n) is 5.37. The van der Waals surface area contributed by atoms with Crippen LogP contribution in [-0.4, -0.2) is 4.98 Å². The fraction of sp³-hybridized carbons (Fsp3) is 0.308. The van der Waals surface area contributed by atoms with Crippen molar-refractivity contribution in [2.45, 2.75) is 26.4 Å². The Bertz CT molecular complexity index is 418. The predicted molar refractivity (Wildman–Crippen MR) is 61.4 cm³/mol. The first kappa shape index (κ1) is 10.7. The average molecular weight is 217 g/mol. The number of rotatable bonds is 4. The summed E-state index contributed by atoms with van der Waals surface area (Å²) in [5, 5.41) is 0. The molecule has 0 atom stereocenters. The first-order chi connectivity index (χ1) is 7.75. The monoisotopic (exact) mass is 217 g/mol. The van der Waals surface area contributed by atoms with E-state index in [1.54, 1.807) is 12.5 Å². The number of hydrogen-bond acceptors (Lipinski definition) is 3. The van der Waals surface area contributed by atoms with E-state index in [2.05, 4.69) is 18.8 Å². The van der Waals surface area contributed by atoms with Gasteiger partial charge in [0.1, 0.15) is 18.1 Å². The van der Waals surface area contributed by atoms with Crippen molar-refractivity contribution in [1.82, 2.24) is 4.98 Å². The Kier molecular flexibility index (Phi) is 3.25. The van der Waals surface area contributed by atoms with Gasteiger partial charge < -0.3 is 9.15 Å². The summed E-state index contributed by atoms with van der Waals surface area (Å²) in [7, 11) is 0. The Morgan fingerprint density at radius 1 is 1.31 bits per heavy atom. The fourth-order valence-corrected chi connectivity index (χ4v) is 1.37. The van der Waals surface area contributed by atoms with Crippen molar-refractivity contribution in [3.05, 3.63) is 48.2 Å². The second kappa shape index (κ2) is 4.84. The van der Waals surface area contributed by atoms with Crippen LogP contribution in [0.25, 0.3) is 0 Å². The number of aromatic nitrogens is 1. The lowest BCUT2D eigenvalue weighted by atomic mass is 10.1. The van der Waals surface area contributed by atoms with E-state index in [0.29, 0.717) is 12.5 Å². The van der Waals surface area contributed by atoms with Crippen LogP contribution in [0.1, 0.15) is 31.2 Å². The Hall–Kier alpha value is -1.77. The molecule has 2 aromatic heterocycles. The van der Waals surface area contributed by atoms with Gasteiger partial charge in [-0.05, 0) is 30.2 Å². The van der Waals surface area contributed by atoms with Crippen molar-refractivity contribution in [3.8, 4) is 5.75 Å². The summed E-state index contributed by atoms with van der Waals surface area (Å²) in [6.45, 7) is 4.67. The van der Waals surface area contributed by atoms with Gasteiger partial charge >= 0.3 is 0 Å². The van der Waals surface area contributed by atoms with E-state index in [9.17, 15) is 0 Å². The quantitative estimate of drug-likeness (QED) is 0.787. The maximum absolute atomic E-state index is 5.53. The molecule has 0 aromatic carbocycles. The minimum atomic E-state index is 0.440. The molecular formula is C13H15NO2. The highest BCUT2D eigenvalue weighted by atomic mass is 16.5. The molecule has 2 rings (SSSR count). The molecule has 0 saturated carbocycles. The van der Waals surface area contributed by atoms with Gasteiger partial charge in [-0.1, -0.05) is 13.8 Å². The molecule has 3 nitrogen and oxygen atoms in total. The van der Waals surface area contributed by atoms with Crippen molar-refractivity contribution >= 4 is 0 Å². The molecule has 0 fully saturated rings. The number of furan rings is 1. The predicted octanol–water partition coefficient (Wildman–Crippen LogP) is 3.38. The van der Waals surface area contributed by atoms with E-state index in [-0.39, 0.29) is 0 Å². The van der Waals surface area contributed by atoms with Gasteiger partial charge in [-0.2, -0.15) is 0 Å². The topological polar surface area (TPSA) is 35.3 Å². The lowest BCUT2D eigenvalue weighted by Gasteiger charge is -2.06.